The molecule has 7 nitrogen and oxygen atoms in total. The van der Waals surface area contributed by atoms with E-state index in [1.807, 2.05) is 0 Å². The van der Waals surface area contributed by atoms with Crippen LogP contribution in [0.2, 0.25) is 0 Å². The molecule has 7 heteroatoms. The summed E-state index contributed by atoms with van der Waals surface area (Å²) in [5.41, 5.74) is -0.244. The van der Waals surface area contributed by atoms with Gasteiger partial charge in [0.05, 0.1) is 12.7 Å². The summed E-state index contributed by atoms with van der Waals surface area (Å²) in [5, 5.41) is 26.3. The number of nitrogens with one attached hydrogen (secondary N) is 3. The molecule has 0 bridgehead atoms. The fourth-order valence-electron chi connectivity index (χ4n) is 3.03. The standard InChI is InChI=1S/C14H27N3O4/c1-13(2)5-9(6-14(3,4)17-13)16-12(21)11(20)15-7-10(19)8-18/h9-10,17-19H,5-8H2,1-4H3,(H,15,20)(H,16,21). The Morgan fingerprint density at radius 2 is 1.71 bits per heavy atom. The van der Waals surface area contributed by atoms with Crippen molar-refractivity contribution in [2.75, 3.05) is 13.2 Å². The quantitative estimate of drug-likeness (QED) is 0.423. The van der Waals surface area contributed by atoms with Crippen molar-refractivity contribution in [2.45, 2.75) is 63.8 Å². The smallest absolute Gasteiger partial charge is 0.309 e. The highest BCUT2D eigenvalue weighted by Gasteiger charge is 2.38. The molecule has 1 unspecified atom stereocenters. The fourth-order valence-corrected chi connectivity index (χ4v) is 3.03. The molecule has 1 rings (SSSR count). The Balaban J connectivity index is 2.52. The number of aliphatic hydroxyl groups is 2. The molecular weight excluding hydrogens is 274 g/mol. The molecule has 2 amide bonds. The van der Waals surface area contributed by atoms with Gasteiger partial charge in [0.25, 0.3) is 0 Å². The third-order valence-electron chi connectivity index (χ3n) is 3.44. The minimum Gasteiger partial charge on any atom is -0.394 e. The van der Waals surface area contributed by atoms with Crippen LogP contribution in [-0.4, -0.2) is 58.4 Å². The number of rotatable bonds is 4. The zero-order chi connectivity index (χ0) is 16.3. The van der Waals surface area contributed by atoms with Crippen LogP contribution >= 0.6 is 0 Å². The van der Waals surface area contributed by atoms with E-state index in [0.29, 0.717) is 0 Å². The van der Waals surface area contributed by atoms with Crippen molar-refractivity contribution < 1.29 is 19.8 Å². The van der Waals surface area contributed by atoms with Crippen LogP contribution in [0.25, 0.3) is 0 Å². The summed E-state index contributed by atoms with van der Waals surface area (Å²) in [5.74, 6) is -1.50. The predicted molar refractivity (Wildman–Crippen MR) is 78.6 cm³/mol. The molecule has 0 radical (unpaired) electrons. The van der Waals surface area contributed by atoms with Crippen molar-refractivity contribution in [3.8, 4) is 0 Å². The Morgan fingerprint density at radius 1 is 1.19 bits per heavy atom. The highest BCUT2D eigenvalue weighted by Crippen LogP contribution is 2.28. The Hall–Kier alpha value is -1.18. The highest BCUT2D eigenvalue weighted by molar-refractivity contribution is 6.35. The van der Waals surface area contributed by atoms with E-state index in [2.05, 4.69) is 43.6 Å². The zero-order valence-electron chi connectivity index (χ0n) is 13.2. The number of amides is 2. The number of carbonyl (C=O) groups is 2. The first kappa shape index (κ1) is 17.9. The lowest BCUT2D eigenvalue weighted by Gasteiger charge is -2.46. The largest absolute Gasteiger partial charge is 0.394 e. The van der Waals surface area contributed by atoms with Gasteiger partial charge in [-0.2, -0.15) is 0 Å². The van der Waals surface area contributed by atoms with Crippen LogP contribution in [0.5, 0.6) is 0 Å². The maximum absolute atomic E-state index is 11.8. The third-order valence-corrected chi connectivity index (χ3v) is 3.44. The summed E-state index contributed by atoms with van der Waals surface area (Å²) in [6.07, 6.45) is 0.405. The number of piperidine rings is 1. The van der Waals surface area contributed by atoms with Gasteiger partial charge >= 0.3 is 11.8 Å². The molecule has 0 aromatic heterocycles. The molecular formula is C14H27N3O4. The van der Waals surface area contributed by atoms with E-state index >= 15 is 0 Å². The predicted octanol–water partition coefficient (Wildman–Crippen LogP) is -1.12. The third kappa shape index (κ3) is 5.99. The monoisotopic (exact) mass is 301 g/mol. The molecule has 1 saturated heterocycles. The van der Waals surface area contributed by atoms with E-state index in [0.717, 1.165) is 12.8 Å². The Labute approximate surface area is 125 Å². The van der Waals surface area contributed by atoms with Gasteiger partial charge in [-0.15, -0.1) is 0 Å². The topological polar surface area (TPSA) is 111 Å². The number of hydrogen-bond donors (Lipinski definition) is 5. The van der Waals surface area contributed by atoms with Crippen LogP contribution in [0.4, 0.5) is 0 Å². The second kappa shape index (κ2) is 6.72. The van der Waals surface area contributed by atoms with Gasteiger partial charge < -0.3 is 26.2 Å². The molecule has 21 heavy (non-hydrogen) atoms. The summed E-state index contributed by atoms with van der Waals surface area (Å²) in [6.45, 7) is 7.63. The van der Waals surface area contributed by atoms with Gasteiger partial charge in [-0.3, -0.25) is 9.59 Å². The average Bonchev–Trinajstić information content (AvgIpc) is 2.31. The second-order valence-electron chi connectivity index (χ2n) is 7.02. The minimum absolute atomic E-state index is 0.0859. The first-order valence-electron chi connectivity index (χ1n) is 7.22. The lowest BCUT2D eigenvalue weighted by atomic mass is 9.79. The number of hydrogen-bond acceptors (Lipinski definition) is 5. The number of carbonyl (C=O) groups excluding carboxylic acids is 2. The molecule has 1 aliphatic heterocycles. The van der Waals surface area contributed by atoms with Crippen LogP contribution in [-0.2, 0) is 9.59 Å². The Kier molecular flexibility index (Phi) is 5.72. The number of aliphatic hydroxyl groups excluding tert-OH is 2. The van der Waals surface area contributed by atoms with Crippen molar-refractivity contribution >= 4 is 11.8 Å². The van der Waals surface area contributed by atoms with Gasteiger partial charge in [0.2, 0.25) is 0 Å². The molecule has 0 aromatic carbocycles. The lowest BCUT2D eigenvalue weighted by Crippen LogP contribution is -2.63. The molecule has 0 saturated carbocycles. The summed E-state index contributed by atoms with van der Waals surface area (Å²) in [4.78, 5) is 23.5. The van der Waals surface area contributed by atoms with Crippen molar-refractivity contribution in [3.05, 3.63) is 0 Å². The molecule has 5 N–H and O–H groups in total. The molecule has 1 heterocycles. The molecule has 1 aliphatic rings. The van der Waals surface area contributed by atoms with Gasteiger partial charge in [-0.25, -0.2) is 0 Å². The normalized spacial score (nSPS) is 22.4. The van der Waals surface area contributed by atoms with Crippen LogP contribution in [0, 0.1) is 0 Å². The maximum atomic E-state index is 11.8. The SMILES string of the molecule is CC1(C)CC(NC(=O)C(=O)NCC(O)CO)CC(C)(C)N1. The van der Waals surface area contributed by atoms with Crippen LogP contribution < -0.4 is 16.0 Å². The summed E-state index contributed by atoms with van der Waals surface area (Å²) in [7, 11) is 0. The summed E-state index contributed by atoms with van der Waals surface area (Å²) < 4.78 is 0. The zero-order valence-corrected chi connectivity index (χ0v) is 13.2. The Bertz CT molecular complexity index is 380. The maximum Gasteiger partial charge on any atom is 0.309 e. The van der Waals surface area contributed by atoms with Crippen molar-refractivity contribution in [1.29, 1.82) is 0 Å². The van der Waals surface area contributed by atoms with Crippen molar-refractivity contribution in [2.24, 2.45) is 0 Å². The van der Waals surface area contributed by atoms with Gasteiger partial charge in [0, 0.05) is 23.7 Å². The highest BCUT2D eigenvalue weighted by atomic mass is 16.3. The molecule has 0 aromatic rings. The van der Waals surface area contributed by atoms with Gasteiger partial charge in [0.15, 0.2) is 0 Å². The lowest BCUT2D eigenvalue weighted by molar-refractivity contribution is -0.140. The summed E-state index contributed by atoms with van der Waals surface area (Å²) >= 11 is 0. The first-order chi connectivity index (χ1) is 9.54. The first-order valence-corrected chi connectivity index (χ1v) is 7.22. The van der Waals surface area contributed by atoms with E-state index in [-0.39, 0.29) is 23.7 Å². The van der Waals surface area contributed by atoms with Crippen LogP contribution in [0.15, 0.2) is 0 Å². The van der Waals surface area contributed by atoms with Crippen molar-refractivity contribution in [3.63, 3.8) is 0 Å². The average molecular weight is 301 g/mol. The molecule has 0 spiro atoms. The second-order valence-corrected chi connectivity index (χ2v) is 7.02. The van der Waals surface area contributed by atoms with Crippen LogP contribution in [0.3, 0.4) is 0 Å². The van der Waals surface area contributed by atoms with Gasteiger partial charge in [0.1, 0.15) is 0 Å². The molecule has 122 valence electrons. The van der Waals surface area contributed by atoms with Crippen molar-refractivity contribution in [1.82, 2.24) is 16.0 Å². The minimum atomic E-state index is -1.06. The molecule has 0 aliphatic carbocycles. The Morgan fingerprint density at radius 3 is 2.19 bits per heavy atom. The van der Waals surface area contributed by atoms with Gasteiger partial charge in [-0.1, -0.05) is 0 Å². The van der Waals surface area contributed by atoms with E-state index in [4.69, 9.17) is 10.2 Å². The summed E-state index contributed by atoms with van der Waals surface area (Å²) in [6, 6.07) is -0.0859. The van der Waals surface area contributed by atoms with E-state index in [1.165, 1.54) is 0 Å². The van der Waals surface area contributed by atoms with Gasteiger partial charge in [-0.05, 0) is 40.5 Å². The van der Waals surface area contributed by atoms with E-state index in [1.54, 1.807) is 0 Å². The fraction of sp³-hybridized carbons (Fsp3) is 0.857. The van der Waals surface area contributed by atoms with E-state index < -0.39 is 24.5 Å². The molecule has 1 atom stereocenters. The van der Waals surface area contributed by atoms with E-state index in [9.17, 15) is 9.59 Å². The molecule has 1 fully saturated rings. The van der Waals surface area contributed by atoms with Crippen LogP contribution in [0.1, 0.15) is 40.5 Å².